The number of carbonyl (C=O) groups excluding carboxylic acids is 1. The van der Waals surface area contributed by atoms with Crippen molar-refractivity contribution in [1.29, 1.82) is 0 Å². The molecule has 1 atom stereocenters. The van der Waals surface area contributed by atoms with Gasteiger partial charge in [-0.2, -0.15) is 0 Å². The van der Waals surface area contributed by atoms with Crippen molar-refractivity contribution in [3.05, 3.63) is 24.3 Å². The second-order valence-corrected chi connectivity index (χ2v) is 5.16. The number of rotatable bonds is 6. The number of thioether (sulfide) groups is 1. The van der Waals surface area contributed by atoms with Crippen molar-refractivity contribution in [1.82, 2.24) is 0 Å². The first-order valence-electron chi connectivity index (χ1n) is 5.80. The molecule has 0 saturated carbocycles. The van der Waals surface area contributed by atoms with Crippen molar-refractivity contribution in [3.63, 3.8) is 0 Å². The minimum Gasteiger partial charge on any atom is -0.480 e. The third-order valence-electron chi connectivity index (χ3n) is 2.29. The van der Waals surface area contributed by atoms with E-state index >= 15 is 0 Å². The first-order chi connectivity index (χ1) is 8.54. The van der Waals surface area contributed by atoms with E-state index in [-0.39, 0.29) is 5.91 Å². The van der Waals surface area contributed by atoms with Crippen LogP contribution in [0.4, 0.5) is 5.69 Å². The highest BCUT2D eigenvalue weighted by Gasteiger charge is 2.19. The standard InChI is InChI=1S/C13H17NO3S/c1-3-6-12(13(16)17)18-11-8-5-4-7-10(11)14-9(2)15/h4-5,7-8,12H,3,6H2,1-2H3,(H,14,15)(H,16,17). The summed E-state index contributed by atoms with van der Waals surface area (Å²) in [5.41, 5.74) is 0.664. The Bertz CT molecular complexity index is 434. The van der Waals surface area contributed by atoms with E-state index in [1.807, 2.05) is 25.1 Å². The Kier molecular flexibility index (Phi) is 5.71. The number of carboxylic acids is 1. The van der Waals surface area contributed by atoms with E-state index in [9.17, 15) is 9.59 Å². The molecule has 0 heterocycles. The Balaban J connectivity index is 2.87. The number of carbonyl (C=O) groups is 2. The Morgan fingerprint density at radius 1 is 1.39 bits per heavy atom. The van der Waals surface area contributed by atoms with Gasteiger partial charge in [-0.15, -0.1) is 11.8 Å². The summed E-state index contributed by atoms with van der Waals surface area (Å²) in [6.45, 7) is 3.39. The zero-order valence-electron chi connectivity index (χ0n) is 10.5. The lowest BCUT2D eigenvalue weighted by molar-refractivity contribution is -0.136. The summed E-state index contributed by atoms with van der Waals surface area (Å²) in [6.07, 6.45) is 1.42. The fourth-order valence-corrected chi connectivity index (χ4v) is 2.67. The Hall–Kier alpha value is -1.49. The molecule has 0 spiro atoms. The van der Waals surface area contributed by atoms with Crippen molar-refractivity contribution in [2.45, 2.75) is 36.8 Å². The number of hydrogen-bond acceptors (Lipinski definition) is 3. The van der Waals surface area contributed by atoms with Crippen LogP contribution in [0.5, 0.6) is 0 Å². The maximum absolute atomic E-state index is 11.1. The molecular weight excluding hydrogens is 250 g/mol. The highest BCUT2D eigenvalue weighted by atomic mass is 32.2. The lowest BCUT2D eigenvalue weighted by atomic mass is 10.2. The van der Waals surface area contributed by atoms with Crippen LogP contribution in [0.3, 0.4) is 0 Å². The van der Waals surface area contributed by atoms with Gasteiger partial charge < -0.3 is 10.4 Å². The van der Waals surface area contributed by atoms with Crippen molar-refractivity contribution >= 4 is 29.3 Å². The van der Waals surface area contributed by atoms with E-state index in [4.69, 9.17) is 5.11 Å². The van der Waals surface area contributed by atoms with E-state index in [0.29, 0.717) is 12.1 Å². The topological polar surface area (TPSA) is 66.4 Å². The van der Waals surface area contributed by atoms with Crippen LogP contribution in [0.2, 0.25) is 0 Å². The number of aliphatic carboxylic acids is 1. The van der Waals surface area contributed by atoms with Crippen LogP contribution < -0.4 is 5.32 Å². The molecule has 1 amide bonds. The van der Waals surface area contributed by atoms with Crippen LogP contribution in [0.25, 0.3) is 0 Å². The van der Waals surface area contributed by atoms with Gasteiger partial charge in [-0.05, 0) is 18.6 Å². The molecule has 4 nitrogen and oxygen atoms in total. The molecule has 0 fully saturated rings. The van der Waals surface area contributed by atoms with Crippen LogP contribution >= 0.6 is 11.8 Å². The predicted octanol–water partition coefficient (Wildman–Crippen LogP) is 2.99. The molecule has 1 rings (SSSR count). The summed E-state index contributed by atoms with van der Waals surface area (Å²) < 4.78 is 0. The Morgan fingerprint density at radius 2 is 2.06 bits per heavy atom. The fourth-order valence-electron chi connectivity index (χ4n) is 1.51. The lowest BCUT2D eigenvalue weighted by Crippen LogP contribution is -2.16. The predicted molar refractivity (Wildman–Crippen MR) is 72.9 cm³/mol. The summed E-state index contributed by atoms with van der Waals surface area (Å²) in [4.78, 5) is 23.0. The van der Waals surface area contributed by atoms with E-state index in [1.165, 1.54) is 18.7 Å². The summed E-state index contributed by atoms with van der Waals surface area (Å²) in [6, 6.07) is 7.24. The molecule has 1 aromatic carbocycles. The van der Waals surface area contributed by atoms with Gasteiger partial charge in [0.25, 0.3) is 0 Å². The third kappa shape index (κ3) is 4.41. The van der Waals surface area contributed by atoms with Gasteiger partial charge in [-0.1, -0.05) is 25.5 Å². The van der Waals surface area contributed by atoms with Gasteiger partial charge in [0.2, 0.25) is 5.91 Å². The van der Waals surface area contributed by atoms with Gasteiger partial charge in [-0.3, -0.25) is 9.59 Å². The number of nitrogens with one attached hydrogen (secondary N) is 1. The molecule has 5 heteroatoms. The highest BCUT2D eigenvalue weighted by molar-refractivity contribution is 8.00. The molecule has 0 saturated heterocycles. The molecule has 1 unspecified atom stereocenters. The van der Waals surface area contributed by atoms with Gasteiger partial charge >= 0.3 is 5.97 Å². The monoisotopic (exact) mass is 267 g/mol. The number of para-hydroxylation sites is 1. The normalized spacial score (nSPS) is 11.9. The van der Waals surface area contributed by atoms with Gasteiger partial charge in [0, 0.05) is 11.8 Å². The van der Waals surface area contributed by atoms with E-state index < -0.39 is 11.2 Å². The third-order valence-corrected chi connectivity index (χ3v) is 3.63. The highest BCUT2D eigenvalue weighted by Crippen LogP contribution is 2.32. The molecule has 98 valence electrons. The molecule has 0 aliphatic carbocycles. The maximum atomic E-state index is 11.1. The zero-order valence-corrected chi connectivity index (χ0v) is 11.3. The average molecular weight is 267 g/mol. The van der Waals surface area contributed by atoms with Crippen LogP contribution in [0, 0.1) is 0 Å². The summed E-state index contributed by atoms with van der Waals surface area (Å²) in [7, 11) is 0. The molecule has 18 heavy (non-hydrogen) atoms. The molecule has 0 radical (unpaired) electrons. The van der Waals surface area contributed by atoms with E-state index in [1.54, 1.807) is 6.07 Å². The molecule has 0 aromatic heterocycles. The van der Waals surface area contributed by atoms with Gasteiger partial charge in [0.1, 0.15) is 5.25 Å². The van der Waals surface area contributed by atoms with Gasteiger partial charge in [0.05, 0.1) is 5.69 Å². The Morgan fingerprint density at radius 3 is 2.61 bits per heavy atom. The number of amides is 1. The van der Waals surface area contributed by atoms with Crippen LogP contribution in [0.15, 0.2) is 29.2 Å². The van der Waals surface area contributed by atoms with Crippen molar-refractivity contribution in [3.8, 4) is 0 Å². The first-order valence-corrected chi connectivity index (χ1v) is 6.68. The largest absolute Gasteiger partial charge is 0.480 e. The molecule has 0 aliphatic rings. The number of benzene rings is 1. The zero-order chi connectivity index (χ0) is 13.5. The summed E-state index contributed by atoms with van der Waals surface area (Å²) in [5, 5.41) is 11.4. The summed E-state index contributed by atoms with van der Waals surface area (Å²) >= 11 is 1.28. The quantitative estimate of drug-likeness (QED) is 0.778. The minimum absolute atomic E-state index is 0.162. The van der Waals surface area contributed by atoms with Crippen molar-refractivity contribution in [2.75, 3.05) is 5.32 Å². The fraction of sp³-hybridized carbons (Fsp3) is 0.385. The number of anilines is 1. The minimum atomic E-state index is -0.820. The lowest BCUT2D eigenvalue weighted by Gasteiger charge is -2.14. The van der Waals surface area contributed by atoms with Crippen LogP contribution in [0.1, 0.15) is 26.7 Å². The van der Waals surface area contributed by atoms with E-state index in [0.717, 1.165) is 11.3 Å². The molecule has 0 aliphatic heterocycles. The van der Waals surface area contributed by atoms with Crippen molar-refractivity contribution < 1.29 is 14.7 Å². The maximum Gasteiger partial charge on any atom is 0.316 e. The second kappa shape index (κ2) is 7.06. The molecule has 0 bridgehead atoms. The molecule has 1 aromatic rings. The van der Waals surface area contributed by atoms with Crippen LogP contribution in [-0.4, -0.2) is 22.2 Å². The Labute approximate surface area is 111 Å². The van der Waals surface area contributed by atoms with Crippen molar-refractivity contribution in [2.24, 2.45) is 0 Å². The molecular formula is C13H17NO3S. The first kappa shape index (κ1) is 14.6. The SMILES string of the molecule is CCCC(Sc1ccccc1NC(C)=O)C(=O)O. The van der Waals surface area contributed by atoms with Gasteiger partial charge in [-0.25, -0.2) is 0 Å². The smallest absolute Gasteiger partial charge is 0.316 e. The molecule has 2 N–H and O–H groups in total. The van der Waals surface area contributed by atoms with Crippen LogP contribution in [-0.2, 0) is 9.59 Å². The number of carboxylic acid groups (broad SMARTS) is 1. The van der Waals surface area contributed by atoms with E-state index in [2.05, 4.69) is 5.32 Å². The number of hydrogen-bond donors (Lipinski definition) is 2. The second-order valence-electron chi connectivity index (χ2n) is 3.91. The van der Waals surface area contributed by atoms with Gasteiger partial charge in [0.15, 0.2) is 0 Å². The average Bonchev–Trinajstić information content (AvgIpc) is 2.30. The summed E-state index contributed by atoms with van der Waals surface area (Å²) in [5.74, 6) is -0.982.